The molecule has 26 heavy (non-hydrogen) atoms. The Morgan fingerprint density at radius 1 is 0.962 bits per heavy atom. The van der Waals surface area contributed by atoms with Crippen LogP contribution in [0, 0.1) is 0 Å². The fourth-order valence-electron chi connectivity index (χ4n) is 3.11. The minimum absolute atomic E-state index is 0.0506. The molecule has 132 valence electrons. The summed E-state index contributed by atoms with van der Waals surface area (Å²) in [6, 6.07) is 9.12. The molecular weight excluding hydrogens is 334 g/mol. The predicted octanol–water partition coefficient (Wildman–Crippen LogP) is 5.34. The van der Waals surface area contributed by atoms with E-state index in [4.69, 9.17) is 0 Å². The molecule has 6 heteroatoms. The van der Waals surface area contributed by atoms with E-state index in [2.05, 4.69) is 35.7 Å². The summed E-state index contributed by atoms with van der Waals surface area (Å²) in [6.45, 7) is 3.60. The number of rotatable bonds is 2. The summed E-state index contributed by atoms with van der Waals surface area (Å²) in [4.78, 5) is 13.1. The first-order valence-corrected chi connectivity index (χ1v) is 8.36. The van der Waals surface area contributed by atoms with Crippen molar-refractivity contribution in [3.63, 3.8) is 0 Å². The third-order valence-electron chi connectivity index (χ3n) is 4.47. The average molecular weight is 352 g/mol. The maximum atomic E-state index is 13.7. The van der Waals surface area contributed by atoms with E-state index < -0.39 is 6.55 Å². The Hall–Kier alpha value is -2.89. The highest BCUT2D eigenvalue weighted by Crippen LogP contribution is 2.33. The number of hydrogen-bond donors (Lipinski definition) is 0. The summed E-state index contributed by atoms with van der Waals surface area (Å²) in [6.07, 6.45) is 4.85. The summed E-state index contributed by atoms with van der Waals surface area (Å²) < 4.78 is 28.3. The second-order valence-corrected chi connectivity index (χ2v) is 7.29. The quantitative estimate of drug-likeness (QED) is 0.489. The molecule has 4 nitrogen and oxygen atoms in total. The largest absolute Gasteiger partial charge is 0.320 e. The third-order valence-corrected chi connectivity index (χ3v) is 4.47. The molecule has 0 aliphatic heterocycles. The summed E-state index contributed by atoms with van der Waals surface area (Å²) in [5.74, 6) is 0. The van der Waals surface area contributed by atoms with Crippen LogP contribution < -0.4 is 0 Å². The maximum absolute atomic E-state index is 13.7. The zero-order valence-electron chi connectivity index (χ0n) is 14.7. The molecule has 0 unspecified atom stereocenters. The van der Waals surface area contributed by atoms with Gasteiger partial charge in [-0.25, -0.2) is 4.98 Å². The standard InChI is InChI=1S/C20H18F2N4/c1-20(2,3)17-7-4-12(10-24-17)15-6-5-13-14-11-23-9-8-16(14)26(19(21)22)18(13)25-15/h4-11,19H,1-3H3. The topological polar surface area (TPSA) is 43.6 Å². The number of aromatic nitrogens is 4. The van der Waals surface area contributed by atoms with Crippen LogP contribution in [-0.2, 0) is 5.41 Å². The van der Waals surface area contributed by atoms with Crippen molar-refractivity contribution in [2.75, 3.05) is 0 Å². The minimum Gasteiger partial charge on any atom is -0.268 e. The number of alkyl halides is 2. The Labute approximate surface area is 149 Å². The van der Waals surface area contributed by atoms with Gasteiger partial charge in [0.05, 0.1) is 11.2 Å². The van der Waals surface area contributed by atoms with Crippen molar-refractivity contribution < 1.29 is 8.78 Å². The van der Waals surface area contributed by atoms with Crippen molar-refractivity contribution in [2.45, 2.75) is 32.7 Å². The van der Waals surface area contributed by atoms with Crippen LogP contribution >= 0.6 is 0 Å². The Morgan fingerprint density at radius 3 is 2.42 bits per heavy atom. The fraction of sp³-hybridized carbons (Fsp3) is 0.250. The maximum Gasteiger partial charge on any atom is 0.320 e. The normalized spacial score (nSPS) is 12.4. The van der Waals surface area contributed by atoms with E-state index in [9.17, 15) is 8.78 Å². The van der Waals surface area contributed by atoms with Gasteiger partial charge in [-0.2, -0.15) is 8.78 Å². The molecular formula is C20H18F2N4. The summed E-state index contributed by atoms with van der Waals surface area (Å²) in [7, 11) is 0. The van der Waals surface area contributed by atoms with Crippen LogP contribution in [0.15, 0.2) is 48.9 Å². The van der Waals surface area contributed by atoms with Crippen LogP contribution in [0.1, 0.15) is 33.0 Å². The summed E-state index contributed by atoms with van der Waals surface area (Å²) in [5.41, 5.74) is 3.00. The molecule has 4 aromatic rings. The Morgan fingerprint density at radius 2 is 1.77 bits per heavy atom. The van der Waals surface area contributed by atoms with Gasteiger partial charge in [0.25, 0.3) is 0 Å². The molecule has 0 spiro atoms. The lowest BCUT2D eigenvalue weighted by atomic mass is 9.91. The van der Waals surface area contributed by atoms with E-state index in [1.807, 2.05) is 24.3 Å². The van der Waals surface area contributed by atoms with Gasteiger partial charge in [0.2, 0.25) is 0 Å². The zero-order valence-corrected chi connectivity index (χ0v) is 14.7. The molecule has 0 saturated heterocycles. The van der Waals surface area contributed by atoms with Gasteiger partial charge in [-0.15, -0.1) is 0 Å². The Bertz CT molecular complexity index is 1090. The van der Waals surface area contributed by atoms with E-state index in [1.54, 1.807) is 18.5 Å². The van der Waals surface area contributed by atoms with Crippen molar-refractivity contribution in [2.24, 2.45) is 0 Å². The third kappa shape index (κ3) is 2.62. The number of nitrogens with zero attached hydrogens (tertiary/aromatic N) is 4. The van der Waals surface area contributed by atoms with Crippen molar-refractivity contribution in [3.8, 4) is 11.3 Å². The van der Waals surface area contributed by atoms with Crippen LogP contribution in [0.4, 0.5) is 8.78 Å². The van der Waals surface area contributed by atoms with Crippen molar-refractivity contribution >= 4 is 21.9 Å². The summed E-state index contributed by atoms with van der Waals surface area (Å²) >= 11 is 0. The first-order chi connectivity index (χ1) is 12.4. The average Bonchev–Trinajstić information content (AvgIpc) is 2.95. The molecule has 0 fully saturated rings. The molecule has 0 amide bonds. The lowest BCUT2D eigenvalue weighted by Crippen LogP contribution is -2.12. The molecule has 4 aromatic heterocycles. The van der Waals surface area contributed by atoms with Gasteiger partial charge in [-0.3, -0.25) is 14.5 Å². The zero-order chi connectivity index (χ0) is 18.5. The number of pyridine rings is 3. The first kappa shape index (κ1) is 16.6. The van der Waals surface area contributed by atoms with E-state index in [0.717, 1.165) is 15.8 Å². The van der Waals surface area contributed by atoms with Crippen molar-refractivity contribution in [3.05, 3.63) is 54.6 Å². The number of hydrogen-bond acceptors (Lipinski definition) is 3. The fourth-order valence-corrected chi connectivity index (χ4v) is 3.11. The van der Waals surface area contributed by atoms with E-state index in [-0.39, 0.29) is 11.1 Å². The molecule has 0 aromatic carbocycles. The highest BCUT2D eigenvalue weighted by molar-refractivity contribution is 6.06. The van der Waals surface area contributed by atoms with Crippen LogP contribution in [0.5, 0.6) is 0 Å². The Kier molecular flexibility index (Phi) is 3.72. The van der Waals surface area contributed by atoms with Gasteiger partial charge in [0.15, 0.2) is 0 Å². The first-order valence-electron chi connectivity index (χ1n) is 8.36. The van der Waals surface area contributed by atoms with Gasteiger partial charge in [-0.1, -0.05) is 20.8 Å². The Balaban J connectivity index is 1.90. The van der Waals surface area contributed by atoms with Gasteiger partial charge < -0.3 is 0 Å². The van der Waals surface area contributed by atoms with Gasteiger partial charge in [-0.05, 0) is 30.3 Å². The van der Waals surface area contributed by atoms with Crippen molar-refractivity contribution in [1.82, 2.24) is 19.5 Å². The van der Waals surface area contributed by atoms with Crippen LogP contribution in [0.25, 0.3) is 33.2 Å². The van der Waals surface area contributed by atoms with Crippen LogP contribution in [0.3, 0.4) is 0 Å². The minimum atomic E-state index is -2.68. The second kappa shape index (κ2) is 5.83. The predicted molar refractivity (Wildman–Crippen MR) is 98.2 cm³/mol. The molecule has 0 bridgehead atoms. The molecule has 0 saturated carbocycles. The van der Waals surface area contributed by atoms with Gasteiger partial charge >= 0.3 is 6.55 Å². The SMILES string of the molecule is CC(C)(C)c1ccc(-c2ccc3c4cnccc4n(C(F)F)c3n2)cn1. The van der Waals surface area contributed by atoms with E-state index >= 15 is 0 Å². The highest BCUT2D eigenvalue weighted by atomic mass is 19.3. The van der Waals surface area contributed by atoms with Crippen molar-refractivity contribution in [1.29, 1.82) is 0 Å². The molecule has 4 rings (SSSR count). The molecule has 0 N–H and O–H groups in total. The summed E-state index contributed by atoms with van der Waals surface area (Å²) in [5, 5.41) is 1.33. The number of fused-ring (bicyclic) bond motifs is 3. The lowest BCUT2D eigenvalue weighted by molar-refractivity contribution is 0.0791. The lowest BCUT2D eigenvalue weighted by Gasteiger charge is -2.17. The molecule has 0 aliphatic rings. The van der Waals surface area contributed by atoms with Gasteiger partial charge in [0.1, 0.15) is 5.65 Å². The number of halogens is 2. The molecule has 0 radical (unpaired) electrons. The second-order valence-electron chi connectivity index (χ2n) is 7.29. The van der Waals surface area contributed by atoms with Crippen LogP contribution in [0.2, 0.25) is 0 Å². The molecule has 0 atom stereocenters. The monoisotopic (exact) mass is 352 g/mol. The molecule has 4 heterocycles. The molecule has 0 aliphatic carbocycles. The van der Waals surface area contributed by atoms with Gasteiger partial charge in [0, 0.05) is 46.0 Å². The smallest absolute Gasteiger partial charge is 0.268 e. The highest BCUT2D eigenvalue weighted by Gasteiger charge is 2.19. The van der Waals surface area contributed by atoms with Crippen LogP contribution in [-0.4, -0.2) is 19.5 Å². The van der Waals surface area contributed by atoms with E-state index in [1.165, 1.54) is 6.20 Å². The van der Waals surface area contributed by atoms with E-state index in [0.29, 0.717) is 22.0 Å².